The van der Waals surface area contributed by atoms with E-state index < -0.39 is 28.6 Å². The average molecular weight is 517 g/mol. The van der Waals surface area contributed by atoms with Crippen LogP contribution in [0.1, 0.15) is 46.0 Å². The molecule has 2 N–H and O–H groups in total. The standard InChI is InChI=1S/C22H33BrN2O5S/c1-4-9-24(13(2)3)20(28)18-22-12-14(23)17(31-22)15(21(29)30)16(22)19(27)25(18)10-7-5-6-8-11-26/h4,13-18,26H,1,5-12H2,2-3H3,(H,29,30)/t14?,15-,16+,17-,18?,22?/m1/s1. The van der Waals surface area contributed by atoms with Crippen molar-refractivity contribution in [1.82, 2.24) is 9.80 Å². The third-order valence-corrected chi connectivity index (χ3v) is 10.1. The lowest BCUT2D eigenvalue weighted by atomic mass is 9.71. The van der Waals surface area contributed by atoms with E-state index in [0.29, 0.717) is 25.9 Å². The summed E-state index contributed by atoms with van der Waals surface area (Å²) in [5.74, 6) is -2.70. The first-order valence-electron chi connectivity index (χ1n) is 11.1. The first-order valence-corrected chi connectivity index (χ1v) is 12.9. The first-order chi connectivity index (χ1) is 14.7. The topological polar surface area (TPSA) is 98.2 Å². The molecule has 3 unspecified atom stereocenters. The van der Waals surface area contributed by atoms with Crippen LogP contribution in [0.15, 0.2) is 12.7 Å². The van der Waals surface area contributed by atoms with Gasteiger partial charge in [-0.05, 0) is 33.1 Å². The number of fused-ring (bicyclic) bond motifs is 1. The molecule has 0 aromatic heterocycles. The number of likely N-dealkylation sites (tertiary alicyclic amines) is 1. The average Bonchev–Trinajstić information content (AvgIpc) is 3.29. The number of amides is 2. The number of aliphatic carboxylic acids is 1. The van der Waals surface area contributed by atoms with Crippen LogP contribution < -0.4 is 0 Å². The molecule has 9 heteroatoms. The van der Waals surface area contributed by atoms with E-state index >= 15 is 0 Å². The van der Waals surface area contributed by atoms with Crippen LogP contribution in [0.3, 0.4) is 0 Å². The Morgan fingerprint density at radius 2 is 2.03 bits per heavy atom. The van der Waals surface area contributed by atoms with Crippen molar-refractivity contribution < 1.29 is 24.6 Å². The van der Waals surface area contributed by atoms with Gasteiger partial charge in [0.15, 0.2) is 0 Å². The van der Waals surface area contributed by atoms with Crippen LogP contribution in [0.4, 0.5) is 0 Å². The Bertz CT molecular complexity index is 735. The van der Waals surface area contributed by atoms with Crippen LogP contribution in [0.2, 0.25) is 0 Å². The van der Waals surface area contributed by atoms with Crippen molar-refractivity contribution in [2.24, 2.45) is 11.8 Å². The van der Waals surface area contributed by atoms with E-state index in [0.717, 1.165) is 19.3 Å². The van der Waals surface area contributed by atoms with Gasteiger partial charge in [0.05, 0.1) is 16.6 Å². The van der Waals surface area contributed by atoms with Crippen molar-refractivity contribution >= 4 is 45.5 Å². The summed E-state index contributed by atoms with van der Waals surface area (Å²) in [5.41, 5.74) is 0. The van der Waals surface area contributed by atoms with Crippen molar-refractivity contribution in [2.75, 3.05) is 19.7 Å². The first kappa shape index (κ1) is 24.6. The molecule has 3 saturated heterocycles. The number of hydrogen-bond acceptors (Lipinski definition) is 5. The fraction of sp³-hybridized carbons (Fsp3) is 0.773. The molecule has 2 amide bonds. The Balaban J connectivity index is 1.96. The number of hydrogen-bond donors (Lipinski definition) is 2. The van der Waals surface area contributed by atoms with Gasteiger partial charge in [-0.3, -0.25) is 14.4 Å². The highest BCUT2D eigenvalue weighted by Crippen LogP contribution is 2.67. The number of nitrogens with zero attached hydrogens (tertiary/aromatic N) is 2. The van der Waals surface area contributed by atoms with Crippen LogP contribution in [-0.2, 0) is 14.4 Å². The molecule has 0 saturated carbocycles. The summed E-state index contributed by atoms with van der Waals surface area (Å²) in [7, 11) is 0. The minimum atomic E-state index is -0.954. The van der Waals surface area contributed by atoms with Crippen molar-refractivity contribution in [3.63, 3.8) is 0 Å². The summed E-state index contributed by atoms with van der Waals surface area (Å²) >= 11 is 5.19. The molecule has 0 aromatic rings. The predicted molar refractivity (Wildman–Crippen MR) is 124 cm³/mol. The third kappa shape index (κ3) is 4.17. The number of carboxylic acids is 1. The van der Waals surface area contributed by atoms with Crippen molar-refractivity contribution in [3.8, 4) is 0 Å². The van der Waals surface area contributed by atoms with E-state index in [4.69, 9.17) is 5.11 Å². The minimum Gasteiger partial charge on any atom is -0.481 e. The fourth-order valence-corrected chi connectivity index (χ4v) is 9.13. The molecular formula is C22H33BrN2O5S. The lowest BCUT2D eigenvalue weighted by molar-refractivity contribution is -0.148. The molecule has 3 aliphatic heterocycles. The Labute approximate surface area is 196 Å². The van der Waals surface area contributed by atoms with Gasteiger partial charge in [0.1, 0.15) is 6.04 Å². The zero-order chi connectivity index (χ0) is 22.9. The van der Waals surface area contributed by atoms with Gasteiger partial charge in [0.2, 0.25) is 11.8 Å². The summed E-state index contributed by atoms with van der Waals surface area (Å²) in [6, 6.07) is -0.717. The second-order valence-electron chi connectivity index (χ2n) is 9.04. The highest BCUT2D eigenvalue weighted by atomic mass is 79.9. The van der Waals surface area contributed by atoms with Gasteiger partial charge in [-0.2, -0.15) is 0 Å². The van der Waals surface area contributed by atoms with Crippen LogP contribution >= 0.6 is 27.7 Å². The Kier molecular flexibility index (Phi) is 7.79. The van der Waals surface area contributed by atoms with Gasteiger partial charge >= 0.3 is 5.97 Å². The van der Waals surface area contributed by atoms with Crippen LogP contribution in [0.25, 0.3) is 0 Å². The third-order valence-electron chi connectivity index (χ3n) is 6.85. The molecule has 3 rings (SSSR count). The van der Waals surface area contributed by atoms with Gasteiger partial charge in [-0.1, -0.05) is 34.8 Å². The molecule has 7 nitrogen and oxygen atoms in total. The number of rotatable bonds is 11. The van der Waals surface area contributed by atoms with E-state index in [1.165, 1.54) is 11.8 Å². The van der Waals surface area contributed by atoms with Crippen LogP contribution in [-0.4, -0.2) is 84.4 Å². The van der Waals surface area contributed by atoms with Gasteiger partial charge in [-0.25, -0.2) is 0 Å². The second-order valence-corrected chi connectivity index (χ2v) is 11.8. The summed E-state index contributed by atoms with van der Waals surface area (Å²) in [6.07, 6.45) is 5.45. The van der Waals surface area contributed by atoms with Crippen LogP contribution in [0.5, 0.6) is 0 Å². The number of unbranched alkanes of at least 4 members (excludes halogenated alkanes) is 3. The number of carbonyl (C=O) groups is 3. The second kappa shape index (κ2) is 9.83. The molecule has 0 aliphatic carbocycles. The molecule has 2 bridgehead atoms. The largest absolute Gasteiger partial charge is 0.481 e. The van der Waals surface area contributed by atoms with E-state index in [1.54, 1.807) is 15.9 Å². The van der Waals surface area contributed by atoms with Gasteiger partial charge < -0.3 is 20.0 Å². The maximum atomic E-state index is 13.9. The molecule has 3 aliphatic rings. The predicted octanol–water partition coefficient (Wildman–Crippen LogP) is 2.51. The molecule has 3 fully saturated rings. The molecule has 31 heavy (non-hydrogen) atoms. The maximum absolute atomic E-state index is 13.9. The lowest BCUT2D eigenvalue weighted by Crippen LogP contribution is -2.56. The SMILES string of the molecule is C=CCN(C(=O)C1N(CCCCCCO)C(=O)[C@@H]2[C@@H](C(=O)O)[C@@H]3SC12CC3Br)C(C)C. The van der Waals surface area contributed by atoms with Crippen molar-refractivity contribution in [3.05, 3.63) is 12.7 Å². The number of halogens is 1. The van der Waals surface area contributed by atoms with Crippen molar-refractivity contribution in [2.45, 2.75) is 72.9 Å². The number of aliphatic hydroxyl groups excluding tert-OH is 1. The normalized spacial score (nSPS) is 33.8. The number of alkyl halides is 1. The molecule has 3 heterocycles. The molecule has 174 valence electrons. The van der Waals surface area contributed by atoms with E-state index in [2.05, 4.69) is 22.5 Å². The lowest BCUT2D eigenvalue weighted by Gasteiger charge is -2.39. The number of carboxylic acid groups (broad SMARTS) is 1. The molecule has 0 radical (unpaired) electrons. The molecule has 0 aromatic carbocycles. The highest BCUT2D eigenvalue weighted by molar-refractivity contribution is 9.09. The van der Waals surface area contributed by atoms with Gasteiger partial charge in [-0.15, -0.1) is 18.3 Å². The molecule has 6 atom stereocenters. The summed E-state index contributed by atoms with van der Waals surface area (Å²) < 4.78 is -0.713. The zero-order valence-electron chi connectivity index (χ0n) is 18.2. The maximum Gasteiger partial charge on any atom is 0.308 e. The minimum absolute atomic E-state index is 0.0330. The quantitative estimate of drug-likeness (QED) is 0.248. The Hall–Kier alpha value is -1.06. The monoisotopic (exact) mass is 516 g/mol. The highest BCUT2D eigenvalue weighted by Gasteiger charge is 2.75. The number of aliphatic hydroxyl groups is 1. The summed E-state index contributed by atoms with van der Waals surface area (Å²) in [4.78, 5) is 43.0. The number of thioether (sulfide) groups is 1. The fourth-order valence-electron chi connectivity index (χ4n) is 5.53. The van der Waals surface area contributed by atoms with E-state index in [9.17, 15) is 19.5 Å². The van der Waals surface area contributed by atoms with Gasteiger partial charge in [0, 0.05) is 35.8 Å². The van der Waals surface area contributed by atoms with Crippen LogP contribution in [0, 0.1) is 11.8 Å². The van der Waals surface area contributed by atoms with E-state index in [1.807, 2.05) is 13.8 Å². The van der Waals surface area contributed by atoms with E-state index in [-0.39, 0.29) is 34.5 Å². The smallest absolute Gasteiger partial charge is 0.308 e. The van der Waals surface area contributed by atoms with Gasteiger partial charge in [0.25, 0.3) is 0 Å². The van der Waals surface area contributed by atoms with Crippen molar-refractivity contribution in [1.29, 1.82) is 0 Å². The number of carbonyl (C=O) groups excluding carboxylic acids is 2. The summed E-state index contributed by atoms with van der Waals surface area (Å²) in [5, 5.41) is 18.7. The molecule has 1 spiro atoms. The molecular weight excluding hydrogens is 484 g/mol. The Morgan fingerprint density at radius 3 is 2.61 bits per heavy atom. The Morgan fingerprint density at radius 1 is 1.35 bits per heavy atom. The summed E-state index contributed by atoms with van der Waals surface area (Å²) in [6.45, 7) is 8.63. The zero-order valence-corrected chi connectivity index (χ0v) is 20.6.